The van der Waals surface area contributed by atoms with Gasteiger partial charge in [0.1, 0.15) is 18.1 Å². The molecule has 2 aromatic rings. The van der Waals surface area contributed by atoms with E-state index in [1.165, 1.54) is 6.07 Å². The van der Waals surface area contributed by atoms with Gasteiger partial charge in [0, 0.05) is 23.5 Å². The van der Waals surface area contributed by atoms with Gasteiger partial charge in [0.2, 0.25) is 5.91 Å². The predicted octanol–water partition coefficient (Wildman–Crippen LogP) is 1.73. The van der Waals surface area contributed by atoms with E-state index < -0.39 is 41.5 Å². The van der Waals surface area contributed by atoms with E-state index in [2.05, 4.69) is 15.6 Å². The van der Waals surface area contributed by atoms with E-state index in [9.17, 15) is 23.6 Å². The van der Waals surface area contributed by atoms with E-state index in [0.717, 1.165) is 6.07 Å². The molecule has 1 amide bonds. The van der Waals surface area contributed by atoms with Gasteiger partial charge < -0.3 is 15.6 Å². The van der Waals surface area contributed by atoms with Gasteiger partial charge in [-0.2, -0.15) is 10.5 Å². The number of nitrogens with zero attached hydrogens (tertiary/aromatic N) is 2. The molecule has 0 aliphatic carbocycles. The molecule has 1 aromatic carbocycles. The van der Waals surface area contributed by atoms with Gasteiger partial charge in [-0.3, -0.25) is 9.59 Å². The van der Waals surface area contributed by atoms with Gasteiger partial charge in [-0.15, -0.1) is 0 Å². The van der Waals surface area contributed by atoms with Crippen LogP contribution < -0.4 is 16.2 Å². The fraction of sp³-hybridized carbons (Fsp3) is 0.429. The summed E-state index contributed by atoms with van der Waals surface area (Å²) >= 11 is 0. The summed E-state index contributed by atoms with van der Waals surface area (Å²) < 4.78 is 28.4. The summed E-state index contributed by atoms with van der Waals surface area (Å²) in [7, 11) is 0. The molecule has 0 radical (unpaired) electrons. The summed E-state index contributed by atoms with van der Waals surface area (Å²) in [6.07, 6.45) is -1.49. The van der Waals surface area contributed by atoms with Gasteiger partial charge in [-0.25, -0.2) is 8.78 Å². The van der Waals surface area contributed by atoms with E-state index in [4.69, 9.17) is 5.26 Å². The van der Waals surface area contributed by atoms with Crippen molar-refractivity contribution in [2.45, 2.75) is 44.9 Å². The largest absolute Gasteiger partial charge is 0.352 e. The Labute approximate surface area is 171 Å². The molecule has 156 valence electrons. The van der Waals surface area contributed by atoms with E-state index in [1.54, 1.807) is 19.9 Å². The van der Waals surface area contributed by atoms with E-state index >= 15 is 0 Å². The van der Waals surface area contributed by atoms with Crippen molar-refractivity contribution in [2.24, 2.45) is 5.92 Å². The Morgan fingerprint density at radius 3 is 2.77 bits per heavy atom. The SMILES string of the molecule is Cc1c(CC(=O)N[C@@H](C)C2NCC(C#N)CC2F)c(=O)[nH]c2ccc(F)c(C#N)c12. The molecule has 30 heavy (non-hydrogen) atoms. The van der Waals surface area contributed by atoms with Crippen molar-refractivity contribution in [2.75, 3.05) is 6.54 Å². The molecule has 1 aliphatic heterocycles. The third kappa shape index (κ3) is 4.03. The van der Waals surface area contributed by atoms with Crippen molar-refractivity contribution in [3.05, 3.63) is 45.0 Å². The number of H-pyrrole nitrogens is 1. The highest BCUT2D eigenvalue weighted by molar-refractivity contribution is 5.90. The van der Waals surface area contributed by atoms with E-state index in [0.29, 0.717) is 17.6 Å². The number of piperidine rings is 1. The number of carbonyl (C=O) groups is 1. The van der Waals surface area contributed by atoms with Crippen LogP contribution in [0.5, 0.6) is 0 Å². The number of nitrogens with one attached hydrogen (secondary N) is 3. The van der Waals surface area contributed by atoms with E-state index in [-0.39, 0.29) is 29.4 Å². The number of amides is 1. The Balaban J connectivity index is 1.81. The summed E-state index contributed by atoms with van der Waals surface area (Å²) in [6, 6.07) is 5.09. The number of halogens is 2. The van der Waals surface area contributed by atoms with E-state index in [1.807, 2.05) is 6.07 Å². The van der Waals surface area contributed by atoms with Gasteiger partial charge in [0.05, 0.1) is 35.5 Å². The number of alkyl halides is 1. The molecule has 7 nitrogen and oxygen atoms in total. The Hall–Kier alpha value is -3.30. The number of carbonyl (C=O) groups excluding carboxylic acids is 1. The molecule has 3 unspecified atom stereocenters. The number of hydrogen-bond acceptors (Lipinski definition) is 5. The third-order valence-electron chi connectivity index (χ3n) is 5.56. The molecular weight excluding hydrogens is 392 g/mol. The maximum atomic E-state index is 14.4. The molecule has 3 N–H and O–H groups in total. The normalized spacial score (nSPS) is 22.1. The fourth-order valence-electron chi connectivity index (χ4n) is 3.96. The first-order valence-electron chi connectivity index (χ1n) is 9.57. The summed E-state index contributed by atoms with van der Waals surface area (Å²) in [6.45, 7) is 3.55. The fourth-order valence-corrected chi connectivity index (χ4v) is 3.96. The van der Waals surface area contributed by atoms with Crippen LogP contribution in [-0.2, 0) is 11.2 Å². The molecule has 0 bridgehead atoms. The van der Waals surface area contributed by atoms with Crippen LogP contribution in [0.3, 0.4) is 0 Å². The van der Waals surface area contributed by atoms with Crippen LogP contribution in [0.25, 0.3) is 10.9 Å². The summed E-state index contributed by atoms with van der Waals surface area (Å²) in [5, 5.41) is 24.1. The van der Waals surface area contributed by atoms with Gasteiger partial charge >= 0.3 is 0 Å². The Kier molecular flexibility index (Phi) is 6.14. The second-order valence-electron chi connectivity index (χ2n) is 7.56. The van der Waals surface area contributed by atoms with Crippen molar-refractivity contribution in [3.63, 3.8) is 0 Å². The van der Waals surface area contributed by atoms with Crippen LogP contribution in [0.4, 0.5) is 8.78 Å². The zero-order chi connectivity index (χ0) is 22.0. The van der Waals surface area contributed by atoms with Crippen LogP contribution in [0, 0.1) is 41.3 Å². The number of fused-ring (bicyclic) bond motifs is 1. The van der Waals surface area contributed by atoms with Crippen molar-refractivity contribution < 1.29 is 13.6 Å². The lowest BCUT2D eigenvalue weighted by Gasteiger charge is -2.34. The number of aromatic nitrogens is 1. The Bertz CT molecular complexity index is 1130. The predicted molar refractivity (Wildman–Crippen MR) is 106 cm³/mol. The molecule has 4 atom stereocenters. The van der Waals surface area contributed by atoms with Crippen LogP contribution >= 0.6 is 0 Å². The molecule has 1 fully saturated rings. The summed E-state index contributed by atoms with van der Waals surface area (Å²) in [4.78, 5) is 27.6. The molecule has 1 saturated heterocycles. The molecular formula is C21H21F2N5O2. The Morgan fingerprint density at radius 2 is 2.13 bits per heavy atom. The lowest BCUT2D eigenvalue weighted by Crippen LogP contribution is -2.57. The van der Waals surface area contributed by atoms with Crippen LogP contribution in [0.2, 0.25) is 0 Å². The quantitative estimate of drug-likeness (QED) is 0.705. The minimum Gasteiger partial charge on any atom is -0.352 e. The zero-order valence-corrected chi connectivity index (χ0v) is 16.6. The molecule has 0 saturated carbocycles. The standard InChI is InChI=1S/C21H21F2N5O2/c1-10-13(21(30)28-17-4-3-15(22)14(8-25)19(10)17)6-18(29)27-11(2)20-16(23)5-12(7-24)9-26-20/h3-4,11-12,16,20,26H,5-6,9H2,1-2H3,(H,27,29)(H,28,30)/t11-,12?,16?,20?/m0/s1. The maximum Gasteiger partial charge on any atom is 0.252 e. The van der Waals surface area contributed by atoms with Gasteiger partial charge in [-0.05, 0) is 38.0 Å². The second kappa shape index (κ2) is 8.60. The smallest absolute Gasteiger partial charge is 0.252 e. The first kappa shape index (κ1) is 21.4. The lowest BCUT2D eigenvalue weighted by molar-refractivity contribution is -0.121. The molecule has 2 heterocycles. The number of benzene rings is 1. The average molecular weight is 413 g/mol. The first-order valence-corrected chi connectivity index (χ1v) is 9.57. The van der Waals surface area contributed by atoms with Crippen molar-refractivity contribution in [1.29, 1.82) is 10.5 Å². The number of aryl methyl sites for hydroxylation is 1. The Morgan fingerprint density at radius 1 is 1.40 bits per heavy atom. The maximum absolute atomic E-state index is 14.4. The number of hydrogen-bond donors (Lipinski definition) is 3. The summed E-state index contributed by atoms with van der Waals surface area (Å²) in [5.41, 5.74) is 0.0758. The third-order valence-corrected chi connectivity index (χ3v) is 5.56. The van der Waals surface area contributed by atoms with Crippen molar-refractivity contribution in [1.82, 2.24) is 15.6 Å². The van der Waals surface area contributed by atoms with Crippen LogP contribution in [-0.4, -0.2) is 35.7 Å². The minimum absolute atomic E-state index is 0.0975. The molecule has 1 aromatic heterocycles. The molecule has 3 rings (SSSR count). The highest BCUT2D eigenvalue weighted by Crippen LogP contribution is 2.24. The molecule has 0 spiro atoms. The summed E-state index contributed by atoms with van der Waals surface area (Å²) in [5.74, 6) is -1.62. The highest BCUT2D eigenvalue weighted by atomic mass is 19.1. The van der Waals surface area contributed by atoms with Gasteiger partial charge in [0.25, 0.3) is 5.56 Å². The van der Waals surface area contributed by atoms with Gasteiger partial charge in [-0.1, -0.05) is 0 Å². The second-order valence-corrected chi connectivity index (χ2v) is 7.56. The van der Waals surface area contributed by atoms with Crippen LogP contribution in [0.15, 0.2) is 16.9 Å². The van der Waals surface area contributed by atoms with Crippen molar-refractivity contribution in [3.8, 4) is 12.1 Å². The number of nitriles is 2. The highest BCUT2D eigenvalue weighted by Gasteiger charge is 2.34. The minimum atomic E-state index is -1.29. The van der Waals surface area contributed by atoms with Crippen molar-refractivity contribution >= 4 is 16.8 Å². The van der Waals surface area contributed by atoms with Crippen LogP contribution in [0.1, 0.15) is 30.0 Å². The number of aromatic amines is 1. The average Bonchev–Trinajstić information content (AvgIpc) is 2.71. The lowest BCUT2D eigenvalue weighted by atomic mass is 9.90. The zero-order valence-electron chi connectivity index (χ0n) is 16.6. The topological polar surface area (TPSA) is 122 Å². The number of pyridine rings is 1. The van der Waals surface area contributed by atoms with Gasteiger partial charge in [0.15, 0.2) is 0 Å². The monoisotopic (exact) mass is 413 g/mol. The molecule has 9 heteroatoms. The molecule has 1 aliphatic rings. The number of rotatable bonds is 4. The first-order chi connectivity index (χ1) is 14.3.